The van der Waals surface area contributed by atoms with Gasteiger partial charge in [-0.15, -0.1) is 0 Å². The summed E-state index contributed by atoms with van der Waals surface area (Å²) in [5, 5.41) is 0. The molecule has 0 aromatic heterocycles. The molecule has 0 aromatic rings. The molecule has 0 amide bonds. The number of carbonyl (C=O) groups excluding carboxylic acids is 3. The molecule has 2 bridgehead atoms. The Labute approximate surface area is 137 Å². The Morgan fingerprint density at radius 1 is 1.29 bits per heavy atom. The zero-order chi connectivity index (χ0) is 17.5. The fraction of sp³-hybridized carbons (Fsp3) is 0.812. The van der Waals surface area contributed by atoms with Crippen molar-refractivity contribution in [2.24, 2.45) is 17.8 Å². The Morgan fingerprint density at radius 3 is 2.75 bits per heavy atom. The van der Waals surface area contributed by atoms with E-state index in [9.17, 15) is 23.2 Å². The summed E-state index contributed by atoms with van der Waals surface area (Å²) in [7, 11) is 0. The highest BCUT2D eigenvalue weighted by molar-refractivity contribution is 5.77. The van der Waals surface area contributed by atoms with Crippen LogP contribution < -0.4 is 0 Å². The fourth-order valence-electron chi connectivity index (χ4n) is 3.94. The first-order valence-electron chi connectivity index (χ1n) is 8.22. The number of hydrogen-bond donors (Lipinski definition) is 0. The molecular weight excluding hydrogens is 326 g/mol. The molecule has 1 saturated heterocycles. The van der Waals surface area contributed by atoms with Crippen LogP contribution in [0.15, 0.2) is 0 Å². The van der Waals surface area contributed by atoms with Gasteiger partial charge in [-0.05, 0) is 25.7 Å². The van der Waals surface area contributed by atoms with Crippen LogP contribution in [0.3, 0.4) is 0 Å². The van der Waals surface area contributed by atoms with Gasteiger partial charge in [0.05, 0.1) is 12.5 Å². The van der Waals surface area contributed by atoms with Crippen molar-refractivity contribution in [3.8, 4) is 0 Å². The lowest BCUT2D eigenvalue weighted by Crippen LogP contribution is -2.36. The number of hydrogen-bond acceptors (Lipinski definition) is 6. The van der Waals surface area contributed by atoms with Crippen molar-refractivity contribution in [2.45, 2.75) is 57.2 Å². The van der Waals surface area contributed by atoms with Crippen LogP contribution in [0.25, 0.3) is 0 Å². The predicted octanol–water partition coefficient (Wildman–Crippen LogP) is 1.85. The zero-order valence-electron chi connectivity index (χ0n) is 13.3. The summed E-state index contributed by atoms with van der Waals surface area (Å²) in [6.45, 7) is 0.313. The lowest BCUT2D eigenvalue weighted by atomic mass is 9.88. The molecule has 5 atom stereocenters. The molecular formula is C16H20F2O6. The first kappa shape index (κ1) is 17.1. The molecule has 0 N–H and O–H groups in total. The van der Waals surface area contributed by atoms with Gasteiger partial charge in [0.25, 0.3) is 0 Å². The number of halogens is 2. The number of ether oxygens (including phenoxy) is 3. The topological polar surface area (TPSA) is 78.9 Å². The highest BCUT2D eigenvalue weighted by atomic mass is 19.3. The second kappa shape index (κ2) is 6.29. The average molecular weight is 346 g/mol. The zero-order valence-corrected chi connectivity index (χ0v) is 13.3. The van der Waals surface area contributed by atoms with E-state index in [2.05, 4.69) is 4.74 Å². The lowest BCUT2D eigenvalue weighted by Gasteiger charge is -2.25. The minimum Gasteiger partial charge on any atom is -0.461 e. The van der Waals surface area contributed by atoms with Crippen molar-refractivity contribution in [3.63, 3.8) is 0 Å². The molecule has 0 spiro atoms. The normalized spacial score (nSPS) is 33.5. The Morgan fingerprint density at radius 2 is 2.04 bits per heavy atom. The van der Waals surface area contributed by atoms with Gasteiger partial charge in [0.1, 0.15) is 12.2 Å². The van der Waals surface area contributed by atoms with E-state index in [0.29, 0.717) is 19.8 Å². The average Bonchev–Trinajstić information content (AvgIpc) is 3.10. The fourth-order valence-corrected chi connectivity index (χ4v) is 3.94. The molecule has 24 heavy (non-hydrogen) atoms. The van der Waals surface area contributed by atoms with Gasteiger partial charge in [0.2, 0.25) is 0 Å². The standard InChI is InChI=1S/C16H20F2O6/c1-16(17,18)15(21)22-5-3-2-4-11(19)23-12-8-6-9-10(7-8)14(20)24-13(9)12/h8-10,12-13H,2-7H2,1H3. The first-order chi connectivity index (χ1) is 11.3. The van der Waals surface area contributed by atoms with Crippen LogP contribution in [-0.4, -0.2) is 42.6 Å². The molecule has 2 saturated carbocycles. The molecule has 3 aliphatic rings. The van der Waals surface area contributed by atoms with Gasteiger partial charge in [-0.2, -0.15) is 8.78 Å². The van der Waals surface area contributed by atoms with Gasteiger partial charge < -0.3 is 14.2 Å². The maximum absolute atomic E-state index is 12.6. The second-order valence-electron chi connectivity index (χ2n) is 6.84. The van der Waals surface area contributed by atoms with Crippen LogP contribution in [0.5, 0.6) is 0 Å². The van der Waals surface area contributed by atoms with Gasteiger partial charge in [-0.3, -0.25) is 9.59 Å². The summed E-state index contributed by atoms with van der Waals surface area (Å²) in [4.78, 5) is 34.4. The first-order valence-corrected chi connectivity index (χ1v) is 8.22. The van der Waals surface area contributed by atoms with Crippen molar-refractivity contribution in [2.75, 3.05) is 6.61 Å². The van der Waals surface area contributed by atoms with Crippen molar-refractivity contribution in [3.05, 3.63) is 0 Å². The summed E-state index contributed by atoms with van der Waals surface area (Å²) in [6, 6.07) is 0. The van der Waals surface area contributed by atoms with Crippen LogP contribution in [-0.2, 0) is 28.6 Å². The van der Waals surface area contributed by atoms with Crippen molar-refractivity contribution in [1.29, 1.82) is 0 Å². The van der Waals surface area contributed by atoms with Crippen LogP contribution in [0.4, 0.5) is 8.78 Å². The number of fused-ring (bicyclic) bond motifs is 1. The molecule has 3 rings (SSSR count). The minimum atomic E-state index is -3.50. The predicted molar refractivity (Wildman–Crippen MR) is 74.9 cm³/mol. The molecule has 134 valence electrons. The van der Waals surface area contributed by atoms with E-state index < -0.39 is 17.9 Å². The van der Waals surface area contributed by atoms with Gasteiger partial charge >= 0.3 is 23.8 Å². The summed E-state index contributed by atoms with van der Waals surface area (Å²) >= 11 is 0. The van der Waals surface area contributed by atoms with Gasteiger partial charge in [0, 0.05) is 25.2 Å². The van der Waals surface area contributed by atoms with Gasteiger partial charge in [0.15, 0.2) is 0 Å². The summed E-state index contributed by atoms with van der Waals surface area (Å²) in [6.07, 6.45) is 1.70. The number of unbranched alkanes of at least 4 members (excludes halogenated alkanes) is 1. The summed E-state index contributed by atoms with van der Waals surface area (Å²) < 4.78 is 40.3. The van der Waals surface area contributed by atoms with E-state index in [-0.39, 0.29) is 49.0 Å². The molecule has 0 radical (unpaired) electrons. The largest absolute Gasteiger partial charge is 0.461 e. The van der Waals surface area contributed by atoms with Crippen molar-refractivity contribution < 1.29 is 37.4 Å². The second-order valence-corrected chi connectivity index (χ2v) is 6.84. The van der Waals surface area contributed by atoms with E-state index in [1.807, 2.05) is 0 Å². The Hall–Kier alpha value is -1.73. The van der Waals surface area contributed by atoms with Gasteiger partial charge in [-0.25, -0.2) is 4.79 Å². The molecule has 1 aliphatic heterocycles. The van der Waals surface area contributed by atoms with E-state index in [4.69, 9.17) is 9.47 Å². The highest BCUT2D eigenvalue weighted by Crippen LogP contribution is 2.55. The van der Waals surface area contributed by atoms with Crippen LogP contribution >= 0.6 is 0 Å². The number of alkyl halides is 2. The molecule has 0 aromatic carbocycles. The smallest absolute Gasteiger partial charge is 0.376 e. The minimum absolute atomic E-state index is 0.0265. The monoisotopic (exact) mass is 346 g/mol. The van der Waals surface area contributed by atoms with E-state index >= 15 is 0 Å². The van der Waals surface area contributed by atoms with E-state index in [1.54, 1.807) is 0 Å². The third kappa shape index (κ3) is 3.23. The third-order valence-corrected chi connectivity index (χ3v) is 5.05. The maximum atomic E-state index is 12.6. The molecule has 6 nitrogen and oxygen atoms in total. The lowest BCUT2D eigenvalue weighted by molar-refractivity contribution is -0.169. The van der Waals surface area contributed by atoms with Crippen molar-refractivity contribution >= 4 is 17.9 Å². The Bertz CT molecular complexity index is 543. The molecule has 5 unspecified atom stereocenters. The van der Waals surface area contributed by atoms with Crippen LogP contribution in [0.2, 0.25) is 0 Å². The Kier molecular flexibility index (Phi) is 4.48. The molecule has 1 heterocycles. The number of esters is 3. The van der Waals surface area contributed by atoms with Gasteiger partial charge in [-0.1, -0.05) is 0 Å². The quantitative estimate of drug-likeness (QED) is 0.398. The van der Waals surface area contributed by atoms with Crippen LogP contribution in [0, 0.1) is 17.8 Å². The number of carbonyl (C=O) groups is 3. The molecule has 3 fully saturated rings. The number of rotatable bonds is 7. The maximum Gasteiger partial charge on any atom is 0.376 e. The molecule has 2 aliphatic carbocycles. The van der Waals surface area contributed by atoms with Crippen molar-refractivity contribution in [1.82, 2.24) is 0 Å². The van der Waals surface area contributed by atoms with E-state index in [0.717, 1.165) is 12.8 Å². The third-order valence-electron chi connectivity index (χ3n) is 5.05. The van der Waals surface area contributed by atoms with Crippen LogP contribution in [0.1, 0.15) is 39.0 Å². The van der Waals surface area contributed by atoms with E-state index in [1.165, 1.54) is 0 Å². The SMILES string of the molecule is CC(F)(F)C(=O)OCCCCC(=O)OC1C2CC3C(=O)OC1C3C2. The molecule has 8 heteroatoms. The summed E-state index contributed by atoms with van der Waals surface area (Å²) in [5.41, 5.74) is 0. The Balaban J connectivity index is 1.34. The summed E-state index contributed by atoms with van der Waals surface area (Å²) in [5.74, 6) is -5.31. The highest BCUT2D eigenvalue weighted by Gasteiger charge is 2.63.